The second kappa shape index (κ2) is 9.63. The van der Waals surface area contributed by atoms with Gasteiger partial charge in [0.2, 0.25) is 0 Å². The lowest BCUT2D eigenvalue weighted by molar-refractivity contribution is -0.145. The molecule has 1 unspecified atom stereocenters. The van der Waals surface area contributed by atoms with Crippen molar-refractivity contribution in [1.82, 2.24) is 5.32 Å². The highest BCUT2D eigenvalue weighted by Gasteiger charge is 2.21. The molecule has 4 rings (SSSR count). The van der Waals surface area contributed by atoms with Gasteiger partial charge in [-0.05, 0) is 85.4 Å². The zero-order valence-electron chi connectivity index (χ0n) is 17.7. The van der Waals surface area contributed by atoms with Crippen LogP contribution < -0.4 is 10.1 Å². The quantitative estimate of drug-likeness (QED) is 0.655. The van der Waals surface area contributed by atoms with Crippen molar-refractivity contribution in [2.24, 2.45) is 0 Å². The average Bonchev–Trinajstić information content (AvgIpc) is 3.24. The van der Waals surface area contributed by atoms with Crippen LogP contribution in [0, 0.1) is 0 Å². The first kappa shape index (κ1) is 20.9. The number of fused-ring (bicyclic) bond motifs is 2. The van der Waals surface area contributed by atoms with E-state index in [1.807, 2.05) is 12.1 Å². The minimum absolute atomic E-state index is 0.0682. The van der Waals surface area contributed by atoms with Gasteiger partial charge in [0.25, 0.3) is 0 Å². The Bertz CT molecular complexity index is 895. The number of rotatable bonds is 8. The van der Waals surface area contributed by atoms with Crippen LogP contribution in [-0.2, 0) is 35.2 Å². The van der Waals surface area contributed by atoms with Gasteiger partial charge in [0.15, 0.2) is 6.61 Å². The fraction of sp³-hybridized carbons (Fsp3) is 0.480. The molecule has 0 fully saturated rings. The molecule has 0 aromatic heterocycles. The summed E-state index contributed by atoms with van der Waals surface area (Å²) in [5.41, 5.74) is 6.41. The highest BCUT2D eigenvalue weighted by atomic mass is 16.6. The Labute approximate surface area is 178 Å². The Kier molecular flexibility index (Phi) is 6.70. The lowest BCUT2D eigenvalue weighted by atomic mass is 9.88. The monoisotopic (exact) mass is 409 g/mol. The third kappa shape index (κ3) is 5.02. The predicted molar refractivity (Wildman–Crippen MR) is 116 cm³/mol. The van der Waals surface area contributed by atoms with Crippen LogP contribution in [0.15, 0.2) is 36.4 Å². The Morgan fingerprint density at radius 2 is 1.90 bits per heavy atom. The standard InChI is InChI=1S/C25H31NO4/c1-2-29-25(28)16-30-23-11-9-18-8-10-22(13-21(18)14-23)26-15-24(27)20-7-6-17-4-3-5-19(17)12-20/h6-7,9,11-12,14,22,24,26-27H,2-5,8,10,13,15-16H2,1H3/t22?,24-/m1/s1. The van der Waals surface area contributed by atoms with Gasteiger partial charge in [0.05, 0.1) is 12.7 Å². The number of hydrogen-bond acceptors (Lipinski definition) is 5. The van der Waals surface area contributed by atoms with Crippen molar-refractivity contribution in [2.45, 2.75) is 57.6 Å². The van der Waals surface area contributed by atoms with Gasteiger partial charge in [-0.25, -0.2) is 4.79 Å². The van der Waals surface area contributed by atoms with Crippen LogP contribution in [0.4, 0.5) is 0 Å². The first-order chi connectivity index (χ1) is 14.6. The Hall–Kier alpha value is -2.37. The van der Waals surface area contributed by atoms with E-state index in [4.69, 9.17) is 9.47 Å². The number of hydrogen-bond donors (Lipinski definition) is 2. The molecule has 30 heavy (non-hydrogen) atoms. The molecule has 0 saturated heterocycles. The number of esters is 1. The Morgan fingerprint density at radius 3 is 2.77 bits per heavy atom. The number of aliphatic hydroxyl groups is 1. The van der Waals surface area contributed by atoms with Crippen LogP contribution in [0.5, 0.6) is 5.75 Å². The largest absolute Gasteiger partial charge is 0.482 e. The van der Waals surface area contributed by atoms with Gasteiger partial charge in [-0.2, -0.15) is 0 Å². The first-order valence-electron chi connectivity index (χ1n) is 11.1. The number of nitrogens with one attached hydrogen (secondary N) is 1. The molecular weight excluding hydrogens is 378 g/mol. The molecule has 2 aromatic rings. The van der Waals surface area contributed by atoms with Crippen LogP contribution in [0.25, 0.3) is 0 Å². The first-order valence-corrected chi connectivity index (χ1v) is 11.1. The summed E-state index contributed by atoms with van der Waals surface area (Å²) in [4.78, 5) is 11.5. The molecule has 5 nitrogen and oxygen atoms in total. The molecule has 160 valence electrons. The highest BCUT2D eigenvalue weighted by molar-refractivity contribution is 5.71. The van der Waals surface area contributed by atoms with E-state index < -0.39 is 6.10 Å². The molecule has 0 radical (unpaired) electrons. The van der Waals surface area contributed by atoms with Gasteiger partial charge in [0, 0.05) is 12.6 Å². The van der Waals surface area contributed by atoms with E-state index in [1.165, 1.54) is 28.7 Å². The van der Waals surface area contributed by atoms with Gasteiger partial charge in [-0.1, -0.05) is 24.3 Å². The summed E-state index contributed by atoms with van der Waals surface area (Å²) < 4.78 is 10.5. The molecule has 0 heterocycles. The molecule has 2 N–H and O–H groups in total. The van der Waals surface area contributed by atoms with E-state index in [0.717, 1.165) is 37.7 Å². The molecule has 5 heteroatoms. The SMILES string of the molecule is CCOC(=O)COc1ccc2c(c1)CC(NC[C@@H](O)c1ccc3c(c1)CCC3)CC2. The minimum atomic E-state index is -0.489. The van der Waals surface area contributed by atoms with Crippen LogP contribution in [0.2, 0.25) is 0 Å². The molecular formula is C25H31NO4. The van der Waals surface area contributed by atoms with Gasteiger partial charge in [-0.3, -0.25) is 0 Å². The van der Waals surface area contributed by atoms with Crippen molar-refractivity contribution >= 4 is 5.97 Å². The summed E-state index contributed by atoms with van der Waals surface area (Å²) in [6.45, 7) is 2.63. The molecule has 2 aliphatic rings. The molecule has 0 amide bonds. The van der Waals surface area contributed by atoms with Crippen molar-refractivity contribution in [3.63, 3.8) is 0 Å². The highest BCUT2D eigenvalue weighted by Crippen LogP contribution is 2.27. The molecule has 0 saturated carbocycles. The predicted octanol–water partition coefficient (Wildman–Crippen LogP) is 3.30. The van der Waals surface area contributed by atoms with E-state index in [2.05, 4.69) is 29.6 Å². The second-order valence-electron chi connectivity index (χ2n) is 8.27. The number of carbonyl (C=O) groups excluding carboxylic acids is 1. The van der Waals surface area contributed by atoms with Crippen LogP contribution in [0.3, 0.4) is 0 Å². The topological polar surface area (TPSA) is 67.8 Å². The summed E-state index contributed by atoms with van der Waals surface area (Å²) in [5.74, 6) is 0.343. The van der Waals surface area contributed by atoms with Crippen molar-refractivity contribution in [3.05, 3.63) is 64.2 Å². The maximum atomic E-state index is 11.5. The van der Waals surface area contributed by atoms with Crippen LogP contribution in [0.1, 0.15) is 53.7 Å². The van der Waals surface area contributed by atoms with Gasteiger partial charge >= 0.3 is 5.97 Å². The zero-order chi connectivity index (χ0) is 20.9. The van der Waals surface area contributed by atoms with Crippen LogP contribution >= 0.6 is 0 Å². The van der Waals surface area contributed by atoms with E-state index >= 15 is 0 Å². The fourth-order valence-corrected chi connectivity index (χ4v) is 4.54. The minimum Gasteiger partial charge on any atom is -0.482 e. The zero-order valence-corrected chi connectivity index (χ0v) is 17.7. The normalized spacial score (nSPS) is 18.4. The van der Waals surface area contributed by atoms with Crippen molar-refractivity contribution in [3.8, 4) is 5.75 Å². The summed E-state index contributed by atoms with van der Waals surface area (Å²) in [5, 5.41) is 14.2. The maximum absolute atomic E-state index is 11.5. The van der Waals surface area contributed by atoms with Gasteiger partial charge in [-0.15, -0.1) is 0 Å². The number of aryl methyl sites for hydroxylation is 3. The van der Waals surface area contributed by atoms with Crippen molar-refractivity contribution in [1.29, 1.82) is 0 Å². The summed E-state index contributed by atoms with van der Waals surface area (Å²) in [6, 6.07) is 12.8. The number of aliphatic hydroxyl groups excluding tert-OH is 1. The summed E-state index contributed by atoms with van der Waals surface area (Å²) in [7, 11) is 0. The molecule has 2 atom stereocenters. The molecule has 2 aromatic carbocycles. The van der Waals surface area contributed by atoms with Crippen LogP contribution in [-0.4, -0.2) is 36.9 Å². The number of ether oxygens (including phenoxy) is 2. The molecule has 0 aliphatic heterocycles. The number of carbonyl (C=O) groups is 1. The Balaban J connectivity index is 1.31. The summed E-state index contributed by atoms with van der Waals surface area (Å²) in [6.07, 6.45) is 5.97. The van der Waals surface area contributed by atoms with Crippen molar-refractivity contribution in [2.75, 3.05) is 19.8 Å². The Morgan fingerprint density at radius 1 is 1.10 bits per heavy atom. The number of benzene rings is 2. The van der Waals surface area contributed by atoms with E-state index in [1.54, 1.807) is 6.92 Å². The maximum Gasteiger partial charge on any atom is 0.344 e. The third-order valence-corrected chi connectivity index (χ3v) is 6.18. The van der Waals surface area contributed by atoms with Gasteiger partial charge in [0.1, 0.15) is 5.75 Å². The van der Waals surface area contributed by atoms with E-state index in [0.29, 0.717) is 24.9 Å². The molecule has 0 spiro atoms. The molecule has 2 aliphatic carbocycles. The van der Waals surface area contributed by atoms with E-state index in [9.17, 15) is 9.90 Å². The average molecular weight is 410 g/mol. The summed E-state index contributed by atoms with van der Waals surface area (Å²) >= 11 is 0. The lowest BCUT2D eigenvalue weighted by Gasteiger charge is -2.27. The lowest BCUT2D eigenvalue weighted by Crippen LogP contribution is -2.37. The third-order valence-electron chi connectivity index (χ3n) is 6.18. The van der Waals surface area contributed by atoms with E-state index in [-0.39, 0.29) is 12.6 Å². The molecule has 0 bridgehead atoms. The smallest absolute Gasteiger partial charge is 0.344 e. The second-order valence-corrected chi connectivity index (χ2v) is 8.27. The fourth-order valence-electron chi connectivity index (χ4n) is 4.54. The van der Waals surface area contributed by atoms with Crippen molar-refractivity contribution < 1.29 is 19.4 Å². The van der Waals surface area contributed by atoms with Gasteiger partial charge < -0.3 is 19.9 Å².